The van der Waals surface area contributed by atoms with Crippen molar-refractivity contribution in [1.82, 2.24) is 9.55 Å². The van der Waals surface area contributed by atoms with Gasteiger partial charge in [-0.3, -0.25) is 9.36 Å². The van der Waals surface area contributed by atoms with Gasteiger partial charge in [-0.25, -0.2) is 4.98 Å². The minimum absolute atomic E-state index is 0.0549. The Labute approximate surface area is 156 Å². The van der Waals surface area contributed by atoms with Gasteiger partial charge in [0.05, 0.1) is 5.75 Å². The van der Waals surface area contributed by atoms with Gasteiger partial charge in [-0.2, -0.15) is 0 Å². The minimum atomic E-state index is 0.0549. The first-order valence-corrected chi connectivity index (χ1v) is 9.33. The maximum atomic E-state index is 12.6. The van der Waals surface area contributed by atoms with Crippen molar-refractivity contribution in [2.75, 3.05) is 17.2 Å². The maximum Gasteiger partial charge on any atom is 0.237 e. The molecule has 25 heavy (non-hydrogen) atoms. The second-order valence-electron chi connectivity index (χ2n) is 5.32. The van der Waals surface area contributed by atoms with Crippen molar-refractivity contribution in [3.63, 3.8) is 0 Å². The van der Waals surface area contributed by atoms with E-state index in [4.69, 9.17) is 11.6 Å². The number of rotatable bonds is 6. The van der Waals surface area contributed by atoms with Crippen molar-refractivity contribution in [3.05, 3.63) is 72.0 Å². The molecule has 3 aromatic rings. The predicted molar refractivity (Wildman–Crippen MR) is 104 cm³/mol. The molecule has 0 saturated carbocycles. The van der Waals surface area contributed by atoms with Crippen LogP contribution in [0.2, 0.25) is 5.02 Å². The average Bonchev–Trinajstić information content (AvgIpc) is 3.10. The number of hydrogen-bond acceptors (Lipinski definition) is 3. The van der Waals surface area contributed by atoms with Gasteiger partial charge in [0.15, 0.2) is 5.16 Å². The fourth-order valence-electron chi connectivity index (χ4n) is 2.53. The van der Waals surface area contributed by atoms with Gasteiger partial charge in [-0.15, -0.1) is 0 Å². The summed E-state index contributed by atoms with van der Waals surface area (Å²) in [4.78, 5) is 18.8. The monoisotopic (exact) mass is 371 g/mol. The number of benzene rings is 2. The molecule has 1 aromatic heterocycles. The van der Waals surface area contributed by atoms with Crippen LogP contribution in [-0.2, 0) is 4.79 Å². The van der Waals surface area contributed by atoms with E-state index in [9.17, 15) is 4.79 Å². The molecule has 0 aliphatic rings. The molecule has 0 spiro atoms. The Morgan fingerprint density at radius 1 is 1.20 bits per heavy atom. The van der Waals surface area contributed by atoms with E-state index in [1.54, 1.807) is 11.1 Å². The summed E-state index contributed by atoms with van der Waals surface area (Å²) in [7, 11) is 0. The molecule has 0 radical (unpaired) electrons. The number of amides is 1. The molecular formula is C19H18ClN3OS. The summed E-state index contributed by atoms with van der Waals surface area (Å²) in [6.07, 6.45) is 3.59. The third kappa shape index (κ3) is 4.24. The lowest BCUT2D eigenvalue weighted by Crippen LogP contribution is -2.32. The van der Waals surface area contributed by atoms with E-state index in [0.29, 0.717) is 17.3 Å². The summed E-state index contributed by atoms with van der Waals surface area (Å²) < 4.78 is 1.93. The first-order chi connectivity index (χ1) is 12.2. The summed E-state index contributed by atoms with van der Waals surface area (Å²) in [6.45, 7) is 2.61. The predicted octanol–water partition coefficient (Wildman–Crippen LogP) is 4.67. The molecule has 6 heteroatoms. The Morgan fingerprint density at radius 2 is 2.00 bits per heavy atom. The summed E-state index contributed by atoms with van der Waals surface area (Å²) in [5.41, 5.74) is 1.84. The van der Waals surface area contributed by atoms with Gasteiger partial charge in [0, 0.05) is 35.3 Å². The van der Waals surface area contributed by atoms with Gasteiger partial charge < -0.3 is 4.90 Å². The lowest BCUT2D eigenvalue weighted by Gasteiger charge is -2.20. The number of aromatic nitrogens is 2. The number of para-hydroxylation sites is 1. The van der Waals surface area contributed by atoms with Crippen LogP contribution in [-0.4, -0.2) is 27.8 Å². The number of anilines is 1. The molecule has 0 N–H and O–H groups in total. The van der Waals surface area contributed by atoms with Gasteiger partial charge in [0.25, 0.3) is 0 Å². The van der Waals surface area contributed by atoms with Crippen molar-refractivity contribution in [2.24, 2.45) is 0 Å². The number of halogens is 1. The van der Waals surface area contributed by atoms with E-state index in [1.165, 1.54) is 11.8 Å². The Bertz CT molecular complexity index is 851. The fraction of sp³-hybridized carbons (Fsp3) is 0.158. The van der Waals surface area contributed by atoms with Crippen molar-refractivity contribution in [2.45, 2.75) is 12.1 Å². The molecule has 0 bridgehead atoms. The van der Waals surface area contributed by atoms with Crippen LogP contribution in [0, 0.1) is 0 Å². The van der Waals surface area contributed by atoms with E-state index in [1.807, 2.05) is 72.3 Å². The van der Waals surface area contributed by atoms with Crippen LogP contribution in [0.5, 0.6) is 0 Å². The number of carbonyl (C=O) groups excluding carboxylic acids is 1. The molecule has 0 unspecified atom stereocenters. The highest BCUT2D eigenvalue weighted by molar-refractivity contribution is 7.99. The van der Waals surface area contributed by atoms with E-state index < -0.39 is 0 Å². The van der Waals surface area contributed by atoms with Crippen LogP contribution in [0.4, 0.5) is 5.69 Å². The molecular weight excluding hydrogens is 354 g/mol. The smallest absolute Gasteiger partial charge is 0.237 e. The average molecular weight is 372 g/mol. The van der Waals surface area contributed by atoms with Gasteiger partial charge >= 0.3 is 0 Å². The first kappa shape index (κ1) is 17.6. The molecule has 2 aromatic carbocycles. The van der Waals surface area contributed by atoms with Crippen molar-refractivity contribution in [3.8, 4) is 5.69 Å². The molecule has 128 valence electrons. The van der Waals surface area contributed by atoms with Crippen LogP contribution in [0.25, 0.3) is 5.69 Å². The Balaban J connectivity index is 1.72. The highest BCUT2D eigenvalue weighted by Gasteiger charge is 2.15. The van der Waals surface area contributed by atoms with Crippen molar-refractivity contribution < 1.29 is 4.79 Å². The summed E-state index contributed by atoms with van der Waals surface area (Å²) in [5, 5.41) is 1.43. The van der Waals surface area contributed by atoms with Gasteiger partial charge in [-0.1, -0.05) is 47.6 Å². The molecule has 0 fully saturated rings. The van der Waals surface area contributed by atoms with Crippen molar-refractivity contribution >= 4 is 35.0 Å². The normalized spacial score (nSPS) is 10.6. The number of hydrogen-bond donors (Lipinski definition) is 0. The summed E-state index contributed by atoms with van der Waals surface area (Å²) in [5.74, 6) is 0.375. The standard InChI is InChI=1S/C19H18ClN3OS/c1-2-22(16-8-4-3-5-9-16)18(24)14-25-19-21-11-12-23(19)17-10-6-7-15(20)13-17/h3-13H,2,14H2,1H3. The fourth-order valence-corrected chi connectivity index (χ4v) is 3.57. The molecule has 0 saturated heterocycles. The lowest BCUT2D eigenvalue weighted by atomic mass is 10.3. The zero-order valence-corrected chi connectivity index (χ0v) is 15.4. The minimum Gasteiger partial charge on any atom is -0.312 e. The highest BCUT2D eigenvalue weighted by Crippen LogP contribution is 2.23. The van der Waals surface area contributed by atoms with Crippen LogP contribution in [0.15, 0.2) is 72.1 Å². The highest BCUT2D eigenvalue weighted by atomic mass is 35.5. The second-order valence-corrected chi connectivity index (χ2v) is 6.70. The maximum absolute atomic E-state index is 12.6. The number of thioether (sulfide) groups is 1. The third-order valence-corrected chi connectivity index (χ3v) is 4.89. The quantitative estimate of drug-likeness (QED) is 0.591. The topological polar surface area (TPSA) is 38.1 Å². The number of nitrogens with zero attached hydrogens (tertiary/aromatic N) is 3. The van der Waals surface area contributed by atoms with E-state index in [0.717, 1.165) is 16.5 Å². The zero-order valence-electron chi connectivity index (χ0n) is 13.8. The lowest BCUT2D eigenvalue weighted by molar-refractivity contribution is -0.116. The Kier molecular flexibility index (Phi) is 5.79. The van der Waals surface area contributed by atoms with Crippen molar-refractivity contribution in [1.29, 1.82) is 0 Å². The van der Waals surface area contributed by atoms with Gasteiger partial charge in [0.2, 0.25) is 5.91 Å². The second kappa shape index (κ2) is 8.23. The Hall–Kier alpha value is -2.24. The van der Waals surface area contributed by atoms with E-state index in [-0.39, 0.29) is 5.91 Å². The van der Waals surface area contributed by atoms with Crippen LogP contribution < -0.4 is 4.90 Å². The largest absolute Gasteiger partial charge is 0.312 e. The SMILES string of the molecule is CCN(C(=O)CSc1nccn1-c1cccc(Cl)c1)c1ccccc1. The number of carbonyl (C=O) groups is 1. The molecule has 3 rings (SSSR count). The Morgan fingerprint density at radius 3 is 2.72 bits per heavy atom. The molecule has 1 amide bonds. The third-order valence-electron chi connectivity index (χ3n) is 3.70. The van der Waals surface area contributed by atoms with Gasteiger partial charge in [0.1, 0.15) is 0 Å². The van der Waals surface area contributed by atoms with Crippen LogP contribution in [0.3, 0.4) is 0 Å². The zero-order chi connectivity index (χ0) is 17.6. The first-order valence-electron chi connectivity index (χ1n) is 7.96. The molecule has 0 aliphatic carbocycles. The van der Waals surface area contributed by atoms with E-state index in [2.05, 4.69) is 4.98 Å². The molecule has 4 nitrogen and oxygen atoms in total. The number of imidazole rings is 1. The van der Waals surface area contributed by atoms with Crippen LogP contribution in [0.1, 0.15) is 6.92 Å². The molecule has 0 atom stereocenters. The summed E-state index contributed by atoms with van der Waals surface area (Å²) in [6, 6.07) is 17.3. The molecule has 0 aliphatic heterocycles. The van der Waals surface area contributed by atoms with Gasteiger partial charge in [-0.05, 0) is 37.3 Å². The van der Waals surface area contributed by atoms with E-state index >= 15 is 0 Å². The molecule has 1 heterocycles. The summed E-state index contributed by atoms with van der Waals surface area (Å²) >= 11 is 7.49. The van der Waals surface area contributed by atoms with Crippen LogP contribution >= 0.6 is 23.4 Å².